The number of nitrogens with zero attached hydrogens (tertiary/aromatic N) is 1. The van der Waals surface area contributed by atoms with Gasteiger partial charge in [0.05, 0.1) is 11.9 Å². The van der Waals surface area contributed by atoms with E-state index in [4.69, 9.17) is 15.6 Å². The van der Waals surface area contributed by atoms with E-state index >= 15 is 0 Å². The highest BCUT2D eigenvalue weighted by Crippen LogP contribution is 2.21. The maximum atomic E-state index is 11.1. The van der Waals surface area contributed by atoms with Crippen molar-refractivity contribution in [1.29, 1.82) is 0 Å². The van der Waals surface area contributed by atoms with Crippen molar-refractivity contribution < 1.29 is 14.6 Å². The van der Waals surface area contributed by atoms with Crippen LogP contribution in [0.4, 0.5) is 5.69 Å². The SMILES string of the molecule is Nc1cnc(OCc2ccccc2Br)c(C(=O)O)c1. The minimum absolute atomic E-state index is 0.0490. The number of nitrogen functional groups attached to an aromatic ring is 1. The molecule has 0 aliphatic heterocycles. The maximum absolute atomic E-state index is 11.1. The molecule has 0 bridgehead atoms. The molecule has 1 heterocycles. The summed E-state index contributed by atoms with van der Waals surface area (Å²) in [4.78, 5) is 15.0. The number of halogens is 1. The molecule has 0 saturated carbocycles. The van der Waals surface area contributed by atoms with E-state index in [-0.39, 0.29) is 23.7 Å². The second-order valence-corrected chi connectivity index (χ2v) is 4.66. The van der Waals surface area contributed by atoms with Crippen molar-refractivity contribution in [3.63, 3.8) is 0 Å². The number of ether oxygens (including phenoxy) is 1. The molecule has 6 heteroatoms. The topological polar surface area (TPSA) is 85.4 Å². The second-order valence-electron chi connectivity index (χ2n) is 3.81. The van der Waals surface area contributed by atoms with Crippen molar-refractivity contribution in [2.24, 2.45) is 0 Å². The third-order valence-corrected chi connectivity index (χ3v) is 3.20. The predicted octanol–water partition coefficient (Wildman–Crippen LogP) is 2.70. The fourth-order valence-electron chi connectivity index (χ4n) is 1.50. The molecule has 0 aliphatic carbocycles. The number of carboxylic acid groups (broad SMARTS) is 1. The van der Waals surface area contributed by atoms with E-state index in [1.165, 1.54) is 12.3 Å². The van der Waals surface area contributed by atoms with E-state index in [2.05, 4.69) is 20.9 Å². The molecule has 0 atom stereocenters. The highest BCUT2D eigenvalue weighted by molar-refractivity contribution is 9.10. The number of hydrogen-bond acceptors (Lipinski definition) is 4. The zero-order valence-electron chi connectivity index (χ0n) is 9.84. The van der Waals surface area contributed by atoms with Gasteiger partial charge in [0.2, 0.25) is 5.88 Å². The molecule has 0 radical (unpaired) electrons. The molecule has 0 amide bonds. The molecule has 2 rings (SSSR count). The lowest BCUT2D eigenvalue weighted by atomic mass is 10.2. The maximum Gasteiger partial charge on any atom is 0.341 e. The van der Waals surface area contributed by atoms with Gasteiger partial charge in [-0.25, -0.2) is 9.78 Å². The molecule has 5 nitrogen and oxygen atoms in total. The van der Waals surface area contributed by atoms with Gasteiger partial charge in [-0.05, 0) is 12.1 Å². The number of carbonyl (C=O) groups is 1. The average Bonchev–Trinajstić information content (AvgIpc) is 2.38. The number of nitrogens with two attached hydrogens (primary N) is 1. The van der Waals surface area contributed by atoms with E-state index in [0.29, 0.717) is 0 Å². The minimum Gasteiger partial charge on any atom is -0.477 e. The van der Waals surface area contributed by atoms with Crippen LogP contribution in [-0.4, -0.2) is 16.1 Å². The van der Waals surface area contributed by atoms with Gasteiger partial charge in [-0.1, -0.05) is 34.1 Å². The molecular formula is C13H11BrN2O3. The molecule has 3 N–H and O–H groups in total. The smallest absolute Gasteiger partial charge is 0.341 e. The van der Waals surface area contributed by atoms with Gasteiger partial charge in [0.25, 0.3) is 0 Å². The lowest BCUT2D eigenvalue weighted by Crippen LogP contribution is -2.06. The first-order chi connectivity index (χ1) is 9.08. The number of benzene rings is 1. The standard InChI is InChI=1S/C13H11BrN2O3/c14-11-4-2-1-3-8(11)7-19-12-10(13(17)18)5-9(15)6-16-12/h1-6H,7,15H2,(H,17,18). The van der Waals surface area contributed by atoms with Crippen molar-refractivity contribution in [3.05, 3.63) is 52.1 Å². The lowest BCUT2D eigenvalue weighted by Gasteiger charge is -2.09. The number of carboxylic acids is 1. The lowest BCUT2D eigenvalue weighted by molar-refractivity contribution is 0.0690. The van der Waals surface area contributed by atoms with E-state index < -0.39 is 5.97 Å². The van der Waals surface area contributed by atoms with Crippen molar-refractivity contribution in [2.75, 3.05) is 5.73 Å². The average molecular weight is 323 g/mol. The Bertz CT molecular complexity index is 617. The molecule has 1 aromatic carbocycles. The normalized spacial score (nSPS) is 10.2. The summed E-state index contributed by atoms with van der Waals surface area (Å²) in [5, 5.41) is 9.06. The highest BCUT2D eigenvalue weighted by atomic mass is 79.9. The monoisotopic (exact) mass is 322 g/mol. The summed E-state index contributed by atoms with van der Waals surface area (Å²) in [7, 11) is 0. The third kappa shape index (κ3) is 3.23. The Morgan fingerprint density at radius 2 is 2.16 bits per heavy atom. The molecule has 1 aromatic heterocycles. The summed E-state index contributed by atoms with van der Waals surface area (Å²) in [6.45, 7) is 0.221. The Hall–Kier alpha value is -2.08. The molecule has 0 saturated heterocycles. The Labute approximate surface area is 118 Å². The van der Waals surface area contributed by atoms with Crippen LogP contribution in [-0.2, 0) is 6.61 Å². The van der Waals surface area contributed by atoms with Crippen LogP contribution in [0, 0.1) is 0 Å². The van der Waals surface area contributed by atoms with Gasteiger partial charge in [0.15, 0.2) is 0 Å². The first-order valence-corrected chi connectivity index (χ1v) is 6.22. The molecule has 0 unspecified atom stereocenters. The first kappa shape index (κ1) is 13.4. The van der Waals surface area contributed by atoms with Gasteiger partial charge >= 0.3 is 5.97 Å². The minimum atomic E-state index is -1.12. The van der Waals surface area contributed by atoms with E-state index in [1.54, 1.807) is 0 Å². The second kappa shape index (κ2) is 5.71. The van der Waals surface area contributed by atoms with Crippen LogP contribution in [0.3, 0.4) is 0 Å². The van der Waals surface area contributed by atoms with Crippen LogP contribution in [0.15, 0.2) is 41.0 Å². The molecule has 0 spiro atoms. The van der Waals surface area contributed by atoms with Gasteiger partial charge in [-0.3, -0.25) is 0 Å². The summed E-state index contributed by atoms with van der Waals surface area (Å²) in [6, 6.07) is 8.84. The third-order valence-electron chi connectivity index (χ3n) is 2.42. The van der Waals surface area contributed by atoms with Gasteiger partial charge in [-0.15, -0.1) is 0 Å². The highest BCUT2D eigenvalue weighted by Gasteiger charge is 2.13. The Balaban J connectivity index is 2.20. The molecule has 19 heavy (non-hydrogen) atoms. The zero-order valence-corrected chi connectivity index (χ0v) is 11.4. The summed E-state index contributed by atoms with van der Waals surface area (Å²) in [5.74, 6) is -1.07. The van der Waals surface area contributed by atoms with Gasteiger partial charge in [0.1, 0.15) is 12.2 Å². The van der Waals surface area contributed by atoms with E-state index in [0.717, 1.165) is 10.0 Å². The van der Waals surface area contributed by atoms with Crippen LogP contribution in [0.5, 0.6) is 5.88 Å². The zero-order chi connectivity index (χ0) is 13.8. The van der Waals surface area contributed by atoms with Crippen molar-refractivity contribution in [1.82, 2.24) is 4.98 Å². The fraction of sp³-hybridized carbons (Fsp3) is 0.0769. The van der Waals surface area contributed by atoms with E-state index in [1.807, 2.05) is 24.3 Å². The summed E-state index contributed by atoms with van der Waals surface area (Å²) in [6.07, 6.45) is 1.36. The largest absolute Gasteiger partial charge is 0.477 e. The van der Waals surface area contributed by atoms with Crippen LogP contribution < -0.4 is 10.5 Å². The van der Waals surface area contributed by atoms with Crippen LogP contribution in [0.1, 0.15) is 15.9 Å². The predicted molar refractivity (Wildman–Crippen MR) is 74.1 cm³/mol. The number of aromatic carboxylic acids is 1. The molecule has 0 fully saturated rings. The summed E-state index contributed by atoms with van der Waals surface area (Å²) < 4.78 is 6.33. The number of pyridine rings is 1. The molecule has 2 aromatic rings. The summed E-state index contributed by atoms with van der Waals surface area (Å²) >= 11 is 3.39. The van der Waals surface area contributed by atoms with Gasteiger partial charge in [0, 0.05) is 10.0 Å². The Kier molecular flexibility index (Phi) is 4.01. The number of aromatic nitrogens is 1. The van der Waals surface area contributed by atoms with Crippen LogP contribution >= 0.6 is 15.9 Å². The molecule has 98 valence electrons. The van der Waals surface area contributed by atoms with Gasteiger partial charge < -0.3 is 15.6 Å². The number of rotatable bonds is 4. The first-order valence-electron chi connectivity index (χ1n) is 5.43. The molecule has 0 aliphatic rings. The van der Waals surface area contributed by atoms with Crippen LogP contribution in [0.25, 0.3) is 0 Å². The van der Waals surface area contributed by atoms with Crippen LogP contribution in [0.2, 0.25) is 0 Å². The quantitative estimate of drug-likeness (QED) is 0.903. The van der Waals surface area contributed by atoms with Gasteiger partial charge in [-0.2, -0.15) is 0 Å². The Morgan fingerprint density at radius 1 is 1.42 bits per heavy atom. The molecular weight excluding hydrogens is 312 g/mol. The van der Waals surface area contributed by atoms with Crippen molar-refractivity contribution in [2.45, 2.75) is 6.61 Å². The number of hydrogen-bond donors (Lipinski definition) is 2. The summed E-state index contributed by atoms with van der Waals surface area (Å²) in [5.41, 5.74) is 6.64. The fourth-order valence-corrected chi connectivity index (χ4v) is 1.90. The number of anilines is 1. The Morgan fingerprint density at radius 3 is 2.84 bits per heavy atom. The van der Waals surface area contributed by atoms with Crippen molar-refractivity contribution >= 4 is 27.6 Å². The van der Waals surface area contributed by atoms with Crippen molar-refractivity contribution in [3.8, 4) is 5.88 Å². The van der Waals surface area contributed by atoms with E-state index in [9.17, 15) is 4.79 Å².